The maximum atomic E-state index is 5.65. The topological polar surface area (TPSA) is 43.4 Å². The van der Waals surface area contributed by atoms with Gasteiger partial charge >= 0.3 is 0 Å². The molecule has 1 aromatic rings. The molecule has 0 spiro atoms. The molecular formula is C13H20N2O2. The molecule has 1 aromatic heterocycles. The van der Waals surface area contributed by atoms with Crippen molar-refractivity contribution in [3.63, 3.8) is 0 Å². The number of ether oxygens (including phenoxy) is 2. The first kappa shape index (κ1) is 12.3. The lowest BCUT2D eigenvalue weighted by Crippen LogP contribution is -2.19. The minimum Gasteiger partial charge on any atom is -0.472 e. The second kappa shape index (κ2) is 5.98. The fourth-order valence-electron chi connectivity index (χ4n) is 1.65. The highest BCUT2D eigenvalue weighted by Gasteiger charge is 2.19. The predicted molar refractivity (Wildman–Crippen MR) is 66.1 cm³/mol. The average Bonchev–Trinajstić information content (AvgIpc) is 3.11. The Morgan fingerprint density at radius 2 is 2.35 bits per heavy atom. The van der Waals surface area contributed by atoms with Gasteiger partial charge in [0.15, 0.2) is 0 Å². The predicted octanol–water partition coefficient (Wildman–Crippen LogP) is 1.75. The van der Waals surface area contributed by atoms with E-state index in [9.17, 15) is 0 Å². The molecule has 1 heterocycles. The van der Waals surface area contributed by atoms with E-state index >= 15 is 0 Å². The lowest BCUT2D eigenvalue weighted by molar-refractivity contribution is 0.0889. The van der Waals surface area contributed by atoms with Gasteiger partial charge in [0.05, 0.1) is 6.61 Å². The highest BCUT2D eigenvalue weighted by atomic mass is 16.5. The third kappa shape index (κ3) is 4.32. The summed E-state index contributed by atoms with van der Waals surface area (Å²) < 4.78 is 10.7. The van der Waals surface area contributed by atoms with Gasteiger partial charge in [-0.05, 0) is 31.4 Å². The van der Waals surface area contributed by atoms with E-state index in [-0.39, 0.29) is 6.10 Å². The monoisotopic (exact) mass is 236 g/mol. The average molecular weight is 236 g/mol. The minimum absolute atomic E-state index is 0.0270. The van der Waals surface area contributed by atoms with E-state index in [4.69, 9.17) is 9.47 Å². The maximum Gasteiger partial charge on any atom is 0.213 e. The van der Waals surface area contributed by atoms with Crippen molar-refractivity contribution < 1.29 is 9.47 Å². The van der Waals surface area contributed by atoms with Crippen LogP contribution in [0.25, 0.3) is 0 Å². The van der Waals surface area contributed by atoms with E-state index in [1.165, 1.54) is 18.4 Å². The van der Waals surface area contributed by atoms with Crippen LogP contribution in [-0.2, 0) is 11.3 Å². The summed E-state index contributed by atoms with van der Waals surface area (Å²) in [5.74, 6) is 0.671. The van der Waals surface area contributed by atoms with Crippen LogP contribution in [0, 0.1) is 0 Å². The number of nitrogens with one attached hydrogen (secondary N) is 1. The minimum atomic E-state index is 0.0270. The molecule has 17 heavy (non-hydrogen) atoms. The molecule has 1 N–H and O–H groups in total. The largest absolute Gasteiger partial charge is 0.472 e. The van der Waals surface area contributed by atoms with Gasteiger partial charge < -0.3 is 14.8 Å². The fraction of sp³-hybridized carbons (Fsp3) is 0.615. The number of pyridine rings is 1. The normalized spacial score (nSPS) is 16.8. The molecule has 0 bridgehead atoms. The van der Waals surface area contributed by atoms with Gasteiger partial charge in [-0.2, -0.15) is 0 Å². The van der Waals surface area contributed by atoms with E-state index < -0.39 is 0 Å². The molecule has 0 saturated heterocycles. The smallest absolute Gasteiger partial charge is 0.213 e. The summed E-state index contributed by atoms with van der Waals surface area (Å²) in [6.45, 7) is 3.44. The van der Waals surface area contributed by atoms with Crippen molar-refractivity contribution >= 4 is 0 Å². The molecule has 1 aliphatic carbocycles. The molecule has 0 radical (unpaired) electrons. The van der Waals surface area contributed by atoms with Crippen LogP contribution in [0.4, 0.5) is 0 Å². The summed E-state index contributed by atoms with van der Waals surface area (Å²) in [6, 6.07) is 4.73. The highest BCUT2D eigenvalue weighted by molar-refractivity contribution is 5.20. The molecule has 1 unspecified atom stereocenters. The summed E-state index contributed by atoms with van der Waals surface area (Å²) in [4.78, 5) is 4.20. The van der Waals surface area contributed by atoms with Crippen LogP contribution in [0.15, 0.2) is 18.3 Å². The SMILES string of the molecule is COCC(C)Oc1cc(CNC2CC2)ccn1. The molecule has 0 aromatic carbocycles. The Morgan fingerprint density at radius 3 is 3.06 bits per heavy atom. The van der Waals surface area contributed by atoms with Crippen LogP contribution in [0.2, 0.25) is 0 Å². The molecular weight excluding hydrogens is 216 g/mol. The Balaban J connectivity index is 1.85. The van der Waals surface area contributed by atoms with Gasteiger partial charge in [0.2, 0.25) is 5.88 Å². The van der Waals surface area contributed by atoms with Gasteiger partial charge in [0, 0.05) is 32.0 Å². The van der Waals surface area contributed by atoms with Crippen molar-refractivity contribution in [2.45, 2.75) is 38.5 Å². The standard InChI is InChI=1S/C13H20N2O2/c1-10(9-16-2)17-13-7-11(5-6-14-13)8-15-12-3-4-12/h5-7,10,12,15H,3-4,8-9H2,1-2H3. The molecule has 4 nitrogen and oxygen atoms in total. The van der Waals surface area contributed by atoms with Gasteiger partial charge in [0.25, 0.3) is 0 Å². The van der Waals surface area contributed by atoms with Crippen LogP contribution in [0.3, 0.4) is 0 Å². The molecule has 2 rings (SSSR count). The van der Waals surface area contributed by atoms with Crippen LogP contribution in [0.5, 0.6) is 5.88 Å². The molecule has 4 heteroatoms. The third-order valence-electron chi connectivity index (χ3n) is 2.69. The maximum absolute atomic E-state index is 5.65. The highest BCUT2D eigenvalue weighted by Crippen LogP contribution is 2.19. The van der Waals surface area contributed by atoms with Crippen molar-refractivity contribution in [3.05, 3.63) is 23.9 Å². The molecule has 94 valence electrons. The second-order valence-electron chi connectivity index (χ2n) is 4.54. The number of hydrogen-bond donors (Lipinski definition) is 1. The van der Waals surface area contributed by atoms with E-state index in [1.54, 1.807) is 13.3 Å². The quantitative estimate of drug-likeness (QED) is 0.783. The number of aromatic nitrogens is 1. The Morgan fingerprint density at radius 1 is 1.53 bits per heavy atom. The number of hydrogen-bond acceptors (Lipinski definition) is 4. The van der Waals surface area contributed by atoms with Crippen molar-refractivity contribution in [3.8, 4) is 5.88 Å². The van der Waals surface area contributed by atoms with Crippen LogP contribution >= 0.6 is 0 Å². The van der Waals surface area contributed by atoms with Crippen molar-refractivity contribution in [2.24, 2.45) is 0 Å². The van der Waals surface area contributed by atoms with Gasteiger partial charge in [-0.1, -0.05) is 0 Å². The van der Waals surface area contributed by atoms with Crippen molar-refractivity contribution in [1.82, 2.24) is 10.3 Å². The summed E-state index contributed by atoms with van der Waals surface area (Å²) in [6.07, 6.45) is 4.43. The van der Waals surface area contributed by atoms with Crippen molar-refractivity contribution in [2.75, 3.05) is 13.7 Å². The third-order valence-corrected chi connectivity index (χ3v) is 2.69. The molecule has 1 saturated carbocycles. The zero-order valence-corrected chi connectivity index (χ0v) is 10.5. The Kier molecular flexibility index (Phi) is 4.34. The van der Waals surface area contributed by atoms with E-state index in [0.717, 1.165) is 12.6 Å². The first-order chi connectivity index (χ1) is 8.28. The second-order valence-corrected chi connectivity index (χ2v) is 4.54. The van der Waals surface area contributed by atoms with Crippen molar-refractivity contribution in [1.29, 1.82) is 0 Å². The molecule has 1 aliphatic rings. The summed E-state index contributed by atoms with van der Waals surface area (Å²) in [7, 11) is 1.67. The van der Waals surface area contributed by atoms with Crippen LogP contribution in [0.1, 0.15) is 25.3 Å². The summed E-state index contributed by atoms with van der Waals surface area (Å²) in [5, 5.41) is 3.47. The van der Waals surface area contributed by atoms with E-state index in [1.807, 2.05) is 19.1 Å². The zero-order chi connectivity index (χ0) is 12.1. The fourth-order valence-corrected chi connectivity index (χ4v) is 1.65. The number of methoxy groups -OCH3 is 1. The first-order valence-corrected chi connectivity index (χ1v) is 6.12. The Labute approximate surface area is 102 Å². The van der Waals surface area contributed by atoms with Gasteiger partial charge in [-0.25, -0.2) is 4.98 Å². The van der Waals surface area contributed by atoms with Crippen LogP contribution < -0.4 is 10.1 Å². The molecule has 0 amide bonds. The van der Waals surface area contributed by atoms with Gasteiger partial charge in [-0.15, -0.1) is 0 Å². The Hall–Kier alpha value is -1.13. The van der Waals surface area contributed by atoms with Crippen LogP contribution in [-0.4, -0.2) is 30.8 Å². The summed E-state index contributed by atoms with van der Waals surface area (Å²) in [5.41, 5.74) is 1.21. The molecule has 1 atom stereocenters. The number of nitrogens with zero attached hydrogens (tertiary/aromatic N) is 1. The molecule has 0 aliphatic heterocycles. The Bertz CT molecular complexity index is 353. The van der Waals surface area contributed by atoms with E-state index in [0.29, 0.717) is 12.5 Å². The van der Waals surface area contributed by atoms with E-state index in [2.05, 4.69) is 10.3 Å². The lowest BCUT2D eigenvalue weighted by Gasteiger charge is -2.13. The zero-order valence-electron chi connectivity index (χ0n) is 10.5. The molecule has 1 fully saturated rings. The first-order valence-electron chi connectivity index (χ1n) is 6.12. The van der Waals surface area contributed by atoms with Gasteiger partial charge in [-0.3, -0.25) is 0 Å². The lowest BCUT2D eigenvalue weighted by atomic mass is 10.2. The van der Waals surface area contributed by atoms with Gasteiger partial charge in [0.1, 0.15) is 6.10 Å². The number of rotatable bonds is 7. The summed E-state index contributed by atoms with van der Waals surface area (Å²) >= 11 is 0.